The van der Waals surface area contributed by atoms with Gasteiger partial charge in [-0.1, -0.05) is 12.1 Å². The molecule has 2 aromatic carbocycles. The van der Waals surface area contributed by atoms with Crippen molar-refractivity contribution in [3.05, 3.63) is 64.7 Å². The van der Waals surface area contributed by atoms with Gasteiger partial charge in [-0.25, -0.2) is 5.01 Å². The third-order valence-corrected chi connectivity index (χ3v) is 6.89. The van der Waals surface area contributed by atoms with Gasteiger partial charge in [-0.2, -0.15) is 26.3 Å². The molecule has 1 fully saturated rings. The van der Waals surface area contributed by atoms with E-state index < -0.39 is 24.5 Å². The number of hydrazine groups is 1. The van der Waals surface area contributed by atoms with Crippen LogP contribution in [-0.2, 0) is 17.5 Å². The van der Waals surface area contributed by atoms with E-state index in [0.29, 0.717) is 26.2 Å². The number of carbonyl (C=O) groups is 1. The van der Waals surface area contributed by atoms with Crippen molar-refractivity contribution in [1.29, 1.82) is 0 Å². The lowest BCUT2D eigenvalue weighted by Gasteiger charge is -2.37. The van der Waals surface area contributed by atoms with Gasteiger partial charge in [-0.15, -0.1) is 0 Å². The zero-order valence-corrected chi connectivity index (χ0v) is 20.4. The van der Waals surface area contributed by atoms with E-state index in [0.717, 1.165) is 41.8 Å². The molecule has 1 saturated heterocycles. The lowest BCUT2D eigenvalue weighted by Crippen LogP contribution is -2.46. The van der Waals surface area contributed by atoms with Crippen molar-refractivity contribution < 1.29 is 35.9 Å². The molecule has 0 spiro atoms. The highest BCUT2D eigenvalue weighted by atomic mass is 19.4. The van der Waals surface area contributed by atoms with Gasteiger partial charge in [0.25, 0.3) is 5.91 Å². The maximum atomic E-state index is 12.8. The number of likely N-dealkylation sites (tertiary alicyclic amines) is 1. The van der Waals surface area contributed by atoms with Crippen LogP contribution >= 0.6 is 0 Å². The second kappa shape index (κ2) is 10.9. The van der Waals surface area contributed by atoms with Crippen molar-refractivity contribution in [3.8, 4) is 0 Å². The minimum atomic E-state index is -4.45. The molecule has 1 amide bonds. The first-order valence-electron chi connectivity index (χ1n) is 12.1. The number of alkyl halides is 6. The van der Waals surface area contributed by atoms with E-state index in [2.05, 4.69) is 5.01 Å². The number of ether oxygens (including phenoxy) is 1. The molecule has 0 atom stereocenters. The zero-order chi connectivity index (χ0) is 26.8. The van der Waals surface area contributed by atoms with Gasteiger partial charge < -0.3 is 14.6 Å². The number of aryl methyl sites for hydroxylation is 1. The normalized spacial score (nSPS) is 17.4. The monoisotopic (exact) mass is 529 g/mol. The number of rotatable bonds is 7. The summed E-state index contributed by atoms with van der Waals surface area (Å²) in [6.07, 6.45) is -7.38. The number of benzene rings is 2. The van der Waals surface area contributed by atoms with Gasteiger partial charge in [0.15, 0.2) is 0 Å². The Hall–Kier alpha value is -2.79. The van der Waals surface area contributed by atoms with Gasteiger partial charge in [0.2, 0.25) is 0 Å². The van der Waals surface area contributed by atoms with E-state index in [-0.39, 0.29) is 30.5 Å². The van der Waals surface area contributed by atoms with Crippen LogP contribution < -0.4 is 5.01 Å². The second-order valence-electron chi connectivity index (χ2n) is 9.52. The summed E-state index contributed by atoms with van der Waals surface area (Å²) in [6.45, 7) is 3.24. The van der Waals surface area contributed by atoms with Crippen LogP contribution in [0.3, 0.4) is 0 Å². The van der Waals surface area contributed by atoms with E-state index in [1.54, 1.807) is 4.90 Å². The van der Waals surface area contributed by atoms with Gasteiger partial charge in [-0.05, 0) is 67.1 Å². The zero-order valence-electron chi connectivity index (χ0n) is 20.4. The van der Waals surface area contributed by atoms with Crippen molar-refractivity contribution >= 4 is 11.6 Å². The Bertz CT molecular complexity index is 1080. The molecule has 37 heavy (non-hydrogen) atoms. The number of hydrogen-bond acceptors (Lipinski definition) is 4. The van der Waals surface area contributed by atoms with Crippen LogP contribution in [0.4, 0.5) is 32.0 Å². The Morgan fingerprint density at radius 1 is 1.00 bits per heavy atom. The highest BCUT2D eigenvalue weighted by Gasteiger charge is 2.34. The molecule has 2 heterocycles. The molecular formula is C26H29F6N3O2. The number of amides is 1. The van der Waals surface area contributed by atoms with Gasteiger partial charge in [0, 0.05) is 31.7 Å². The quantitative estimate of drug-likeness (QED) is 0.342. The van der Waals surface area contributed by atoms with Crippen molar-refractivity contribution in [3.63, 3.8) is 0 Å². The number of anilines is 1. The molecule has 0 bridgehead atoms. The number of nitrogens with zero attached hydrogens (tertiary/aromatic N) is 3. The van der Waals surface area contributed by atoms with Crippen LogP contribution in [-0.4, -0.2) is 61.4 Å². The summed E-state index contributed by atoms with van der Waals surface area (Å²) in [5.41, 5.74) is 2.64. The standard InChI is InChI=1S/C26H29F6N3O2/c1-18-3-2-4-23-22(18)16-34(35(23)13-14-37-17-25(27,28)29)15-19-9-11-33(12-10-19)24(36)20-5-7-21(8-6-20)26(30,31)32/h2-8,19H,9-17H2,1H3. The van der Waals surface area contributed by atoms with Gasteiger partial charge in [0.1, 0.15) is 6.61 Å². The van der Waals surface area contributed by atoms with Crippen LogP contribution in [0.1, 0.15) is 39.9 Å². The summed E-state index contributed by atoms with van der Waals surface area (Å²) in [6, 6.07) is 10.1. The third kappa shape index (κ3) is 6.75. The summed E-state index contributed by atoms with van der Waals surface area (Å²) in [7, 11) is 0. The minimum Gasteiger partial charge on any atom is -0.370 e. The molecule has 0 aliphatic carbocycles. The molecular weight excluding hydrogens is 500 g/mol. The molecule has 0 radical (unpaired) electrons. The van der Waals surface area contributed by atoms with E-state index in [1.807, 2.05) is 30.1 Å². The number of fused-ring (bicyclic) bond motifs is 1. The molecule has 0 unspecified atom stereocenters. The summed E-state index contributed by atoms with van der Waals surface area (Å²) in [5, 5.41) is 4.12. The fourth-order valence-electron chi connectivity index (χ4n) is 4.92. The second-order valence-corrected chi connectivity index (χ2v) is 9.52. The molecule has 11 heteroatoms. The molecule has 202 valence electrons. The minimum absolute atomic E-state index is 0.0660. The van der Waals surface area contributed by atoms with Crippen molar-refractivity contribution in [2.75, 3.05) is 44.4 Å². The molecule has 0 N–H and O–H groups in total. The maximum Gasteiger partial charge on any atom is 0.416 e. The average Bonchev–Trinajstić information content (AvgIpc) is 3.19. The van der Waals surface area contributed by atoms with E-state index in [9.17, 15) is 31.1 Å². The van der Waals surface area contributed by atoms with Crippen molar-refractivity contribution in [2.24, 2.45) is 5.92 Å². The predicted octanol–water partition coefficient (Wildman–Crippen LogP) is 5.68. The summed E-state index contributed by atoms with van der Waals surface area (Å²) in [4.78, 5) is 14.5. The first kappa shape index (κ1) is 27.3. The SMILES string of the molecule is Cc1cccc2c1CN(CC1CCN(C(=O)c3ccc(C(F)(F)F)cc3)CC1)N2CCOCC(F)(F)F. The number of hydrogen-bond donors (Lipinski definition) is 0. The summed E-state index contributed by atoms with van der Waals surface area (Å²) < 4.78 is 80.7. The van der Waals surface area contributed by atoms with Crippen molar-refractivity contribution in [2.45, 2.75) is 38.7 Å². The highest BCUT2D eigenvalue weighted by Crippen LogP contribution is 2.35. The molecule has 0 saturated carbocycles. The van der Waals surface area contributed by atoms with Crippen molar-refractivity contribution in [1.82, 2.24) is 9.91 Å². The fourth-order valence-corrected chi connectivity index (χ4v) is 4.92. The van der Waals surface area contributed by atoms with Crippen LogP contribution in [0.5, 0.6) is 0 Å². The van der Waals surface area contributed by atoms with Crippen LogP contribution in [0.15, 0.2) is 42.5 Å². The molecule has 5 nitrogen and oxygen atoms in total. The maximum absolute atomic E-state index is 12.8. The fraction of sp³-hybridized carbons (Fsp3) is 0.500. The topological polar surface area (TPSA) is 36.0 Å². The van der Waals surface area contributed by atoms with E-state index in [1.165, 1.54) is 12.1 Å². The van der Waals surface area contributed by atoms with Gasteiger partial charge in [-0.3, -0.25) is 4.79 Å². The predicted molar refractivity (Wildman–Crippen MR) is 126 cm³/mol. The number of piperidine rings is 1. The van der Waals surface area contributed by atoms with Crippen LogP contribution in [0, 0.1) is 12.8 Å². The van der Waals surface area contributed by atoms with Gasteiger partial charge >= 0.3 is 12.4 Å². The Kier molecular flexibility index (Phi) is 8.03. The number of carbonyl (C=O) groups excluding carboxylic acids is 1. The first-order chi connectivity index (χ1) is 17.4. The molecule has 0 aromatic heterocycles. The molecule has 2 aromatic rings. The summed E-state index contributed by atoms with van der Waals surface area (Å²) in [5.74, 6) is -0.0373. The Morgan fingerprint density at radius 2 is 1.68 bits per heavy atom. The molecule has 2 aliphatic heterocycles. The van der Waals surface area contributed by atoms with E-state index in [4.69, 9.17) is 4.74 Å². The molecule has 2 aliphatic rings. The number of halogens is 6. The first-order valence-corrected chi connectivity index (χ1v) is 12.1. The van der Waals surface area contributed by atoms with Crippen LogP contribution in [0.2, 0.25) is 0 Å². The Labute approximate surface area is 211 Å². The highest BCUT2D eigenvalue weighted by molar-refractivity contribution is 5.94. The average molecular weight is 530 g/mol. The molecule has 4 rings (SSSR count). The smallest absolute Gasteiger partial charge is 0.370 e. The largest absolute Gasteiger partial charge is 0.416 e. The van der Waals surface area contributed by atoms with Crippen LogP contribution in [0.25, 0.3) is 0 Å². The Balaban J connectivity index is 1.34. The summed E-state index contributed by atoms with van der Waals surface area (Å²) >= 11 is 0. The van der Waals surface area contributed by atoms with Gasteiger partial charge in [0.05, 0.1) is 24.4 Å². The lowest BCUT2D eigenvalue weighted by atomic mass is 9.96. The Morgan fingerprint density at radius 3 is 2.30 bits per heavy atom. The third-order valence-electron chi connectivity index (χ3n) is 6.89. The lowest BCUT2D eigenvalue weighted by molar-refractivity contribution is -0.173. The van der Waals surface area contributed by atoms with E-state index >= 15 is 0 Å².